The van der Waals surface area contributed by atoms with Crippen LogP contribution in [-0.2, 0) is 4.79 Å². The number of amides is 1. The summed E-state index contributed by atoms with van der Waals surface area (Å²) < 4.78 is 0. The molecule has 4 nitrogen and oxygen atoms in total. The van der Waals surface area contributed by atoms with Crippen molar-refractivity contribution in [2.45, 2.75) is 26.8 Å². The van der Waals surface area contributed by atoms with Crippen LogP contribution in [0.25, 0.3) is 0 Å². The fourth-order valence-electron chi connectivity index (χ4n) is 1.30. The summed E-state index contributed by atoms with van der Waals surface area (Å²) in [5, 5.41) is 13.6. The Morgan fingerprint density at radius 2 is 2.06 bits per heavy atom. The number of carbonyl (C=O) groups excluding carboxylic acids is 1. The van der Waals surface area contributed by atoms with E-state index in [1.165, 1.54) is 11.3 Å². The molecule has 0 aromatic carbocycles. The van der Waals surface area contributed by atoms with Crippen molar-refractivity contribution in [2.75, 3.05) is 0 Å². The molecule has 1 rings (SSSR count). The summed E-state index contributed by atoms with van der Waals surface area (Å²) in [6.07, 6.45) is 0. The van der Waals surface area contributed by atoms with Gasteiger partial charge in [0.1, 0.15) is 10.9 Å². The van der Waals surface area contributed by atoms with Gasteiger partial charge in [0, 0.05) is 0 Å². The molecule has 0 radical (unpaired) electrons. The summed E-state index contributed by atoms with van der Waals surface area (Å²) in [7, 11) is 0. The molecule has 0 unspecified atom stereocenters. The maximum atomic E-state index is 11.8. The molecule has 1 aromatic heterocycles. The van der Waals surface area contributed by atoms with Gasteiger partial charge in [0.15, 0.2) is 0 Å². The largest absolute Gasteiger partial charge is 0.480 e. The Labute approximate surface area is 109 Å². The van der Waals surface area contributed by atoms with Crippen LogP contribution in [0.5, 0.6) is 0 Å². The summed E-state index contributed by atoms with van der Waals surface area (Å²) >= 11 is 7.00. The van der Waals surface area contributed by atoms with Crippen molar-refractivity contribution in [3.05, 3.63) is 21.3 Å². The van der Waals surface area contributed by atoms with Crippen LogP contribution in [0, 0.1) is 5.41 Å². The third-order valence-electron chi connectivity index (χ3n) is 2.21. The van der Waals surface area contributed by atoms with Gasteiger partial charge in [-0.2, -0.15) is 0 Å². The highest BCUT2D eigenvalue weighted by atomic mass is 35.5. The number of nitrogens with one attached hydrogen (secondary N) is 1. The van der Waals surface area contributed by atoms with E-state index in [9.17, 15) is 9.59 Å². The fraction of sp³-hybridized carbons (Fsp3) is 0.455. The van der Waals surface area contributed by atoms with Gasteiger partial charge in [-0.1, -0.05) is 32.4 Å². The highest BCUT2D eigenvalue weighted by Gasteiger charge is 2.33. The van der Waals surface area contributed by atoms with Crippen LogP contribution in [0.2, 0.25) is 5.02 Å². The molecule has 0 spiro atoms. The van der Waals surface area contributed by atoms with E-state index in [0.717, 1.165) is 0 Å². The van der Waals surface area contributed by atoms with E-state index in [-0.39, 0.29) is 0 Å². The lowest BCUT2D eigenvalue weighted by molar-refractivity contribution is -0.142. The Morgan fingerprint density at radius 1 is 1.47 bits per heavy atom. The number of carboxylic acid groups (broad SMARTS) is 1. The van der Waals surface area contributed by atoms with Gasteiger partial charge in [0.25, 0.3) is 5.91 Å². The van der Waals surface area contributed by atoms with Gasteiger partial charge >= 0.3 is 5.97 Å². The molecule has 0 aliphatic rings. The molecule has 0 saturated carbocycles. The monoisotopic (exact) mass is 275 g/mol. The maximum absolute atomic E-state index is 11.8. The molecule has 0 aliphatic carbocycles. The number of carboxylic acids is 1. The van der Waals surface area contributed by atoms with E-state index in [1.54, 1.807) is 32.2 Å². The van der Waals surface area contributed by atoms with Crippen molar-refractivity contribution in [1.29, 1.82) is 0 Å². The molecule has 94 valence electrons. The predicted octanol–water partition coefficient (Wildman–Crippen LogP) is 2.63. The van der Waals surface area contributed by atoms with Gasteiger partial charge in [-0.15, -0.1) is 11.3 Å². The first kappa shape index (κ1) is 14.0. The Balaban J connectivity index is 2.86. The van der Waals surface area contributed by atoms with E-state index >= 15 is 0 Å². The van der Waals surface area contributed by atoms with Gasteiger partial charge in [-0.05, 0) is 16.9 Å². The van der Waals surface area contributed by atoms with Crippen LogP contribution in [0.4, 0.5) is 0 Å². The van der Waals surface area contributed by atoms with Crippen LogP contribution in [0.15, 0.2) is 11.4 Å². The quantitative estimate of drug-likeness (QED) is 0.891. The third-order valence-corrected chi connectivity index (χ3v) is 3.55. The zero-order valence-corrected chi connectivity index (χ0v) is 11.4. The smallest absolute Gasteiger partial charge is 0.326 e. The lowest BCUT2D eigenvalue weighted by atomic mass is 9.87. The molecule has 6 heteroatoms. The molecule has 17 heavy (non-hydrogen) atoms. The third kappa shape index (κ3) is 3.44. The van der Waals surface area contributed by atoms with E-state index in [0.29, 0.717) is 9.90 Å². The molecule has 0 aliphatic heterocycles. The minimum absolute atomic E-state index is 0.335. The predicted molar refractivity (Wildman–Crippen MR) is 67.7 cm³/mol. The molecule has 1 heterocycles. The van der Waals surface area contributed by atoms with Gasteiger partial charge < -0.3 is 10.4 Å². The summed E-state index contributed by atoms with van der Waals surface area (Å²) in [4.78, 5) is 23.3. The van der Waals surface area contributed by atoms with Crippen molar-refractivity contribution in [1.82, 2.24) is 5.32 Å². The van der Waals surface area contributed by atoms with Crippen LogP contribution in [0.1, 0.15) is 30.4 Å². The molecular formula is C11H14ClNO3S. The Hall–Kier alpha value is -1.07. The van der Waals surface area contributed by atoms with Crippen LogP contribution in [-0.4, -0.2) is 23.0 Å². The Kier molecular flexibility index (Phi) is 4.16. The fourth-order valence-corrected chi connectivity index (χ4v) is 2.35. The first-order valence-corrected chi connectivity index (χ1v) is 6.26. The summed E-state index contributed by atoms with van der Waals surface area (Å²) in [6.45, 7) is 5.26. The normalized spacial score (nSPS) is 13.2. The van der Waals surface area contributed by atoms with Crippen molar-refractivity contribution >= 4 is 34.8 Å². The second kappa shape index (κ2) is 5.06. The molecule has 0 fully saturated rings. The van der Waals surface area contributed by atoms with Crippen LogP contribution < -0.4 is 5.32 Å². The average Bonchev–Trinajstić information content (AvgIpc) is 2.58. The Morgan fingerprint density at radius 3 is 2.41 bits per heavy atom. The Bertz CT molecular complexity index is 436. The second-order valence-corrected chi connectivity index (χ2v) is 6.03. The number of carbonyl (C=O) groups is 2. The number of aliphatic carboxylic acids is 1. The van der Waals surface area contributed by atoms with Crippen LogP contribution >= 0.6 is 22.9 Å². The number of rotatable bonds is 3. The second-order valence-electron chi connectivity index (χ2n) is 4.71. The molecule has 0 bridgehead atoms. The number of hydrogen-bond donors (Lipinski definition) is 2. The lowest BCUT2D eigenvalue weighted by Crippen LogP contribution is -2.48. The van der Waals surface area contributed by atoms with E-state index in [4.69, 9.17) is 16.7 Å². The van der Waals surface area contributed by atoms with Crippen LogP contribution in [0.3, 0.4) is 0 Å². The number of halogens is 1. The molecule has 0 saturated heterocycles. The zero-order chi connectivity index (χ0) is 13.2. The SMILES string of the molecule is CC(C)(C)[C@H](NC(=O)c1sccc1Cl)C(=O)O. The lowest BCUT2D eigenvalue weighted by Gasteiger charge is -2.27. The van der Waals surface area contributed by atoms with Crippen molar-refractivity contribution in [3.63, 3.8) is 0 Å². The summed E-state index contributed by atoms with van der Waals surface area (Å²) in [5.41, 5.74) is -0.564. The minimum Gasteiger partial charge on any atom is -0.480 e. The van der Waals surface area contributed by atoms with Crippen molar-refractivity contribution in [3.8, 4) is 0 Å². The van der Waals surface area contributed by atoms with Crippen molar-refractivity contribution < 1.29 is 14.7 Å². The van der Waals surface area contributed by atoms with Gasteiger partial charge in [0.2, 0.25) is 0 Å². The molecule has 1 aromatic rings. The first-order chi connectivity index (χ1) is 7.73. The number of hydrogen-bond acceptors (Lipinski definition) is 3. The van der Waals surface area contributed by atoms with Gasteiger partial charge in [-0.3, -0.25) is 4.79 Å². The van der Waals surface area contributed by atoms with E-state index < -0.39 is 23.3 Å². The first-order valence-electron chi connectivity index (χ1n) is 5.00. The molecule has 1 atom stereocenters. The minimum atomic E-state index is -1.06. The molecular weight excluding hydrogens is 262 g/mol. The van der Waals surface area contributed by atoms with Gasteiger partial charge in [0.05, 0.1) is 5.02 Å². The summed E-state index contributed by atoms with van der Waals surface area (Å²) in [6, 6.07) is 0.654. The summed E-state index contributed by atoms with van der Waals surface area (Å²) in [5.74, 6) is -1.51. The van der Waals surface area contributed by atoms with Gasteiger partial charge in [-0.25, -0.2) is 4.79 Å². The average molecular weight is 276 g/mol. The number of thiophene rings is 1. The highest BCUT2D eigenvalue weighted by molar-refractivity contribution is 7.12. The standard InChI is InChI=1S/C11H14ClNO3S/c1-11(2,3)8(10(15)16)13-9(14)7-6(12)4-5-17-7/h4-5,8H,1-3H3,(H,13,14)(H,15,16)/t8-/m1/s1. The molecule has 1 amide bonds. The maximum Gasteiger partial charge on any atom is 0.326 e. The van der Waals surface area contributed by atoms with Crippen molar-refractivity contribution in [2.24, 2.45) is 5.41 Å². The van der Waals surface area contributed by atoms with E-state index in [1.807, 2.05) is 0 Å². The zero-order valence-electron chi connectivity index (χ0n) is 9.78. The topological polar surface area (TPSA) is 66.4 Å². The highest BCUT2D eigenvalue weighted by Crippen LogP contribution is 2.24. The van der Waals surface area contributed by atoms with E-state index in [2.05, 4.69) is 5.32 Å². The molecule has 2 N–H and O–H groups in total.